The first-order chi connectivity index (χ1) is 18.3. The van der Waals surface area contributed by atoms with Crippen LogP contribution in [0.25, 0.3) is 0 Å². The molecule has 2 aliphatic heterocycles. The van der Waals surface area contributed by atoms with Crippen molar-refractivity contribution in [2.45, 2.75) is 37.2 Å². The molecule has 2 aliphatic rings. The SMILES string of the molecule is C[C@H](c1cccnc1)N(C)C(=O)c1cc(NCc2ccc3c(c2)OCCO3)cc(S(=O)(=O)N2CCCC2)c1. The van der Waals surface area contributed by atoms with Gasteiger partial charge in [0.05, 0.1) is 10.9 Å². The van der Waals surface area contributed by atoms with Gasteiger partial charge in [0, 0.05) is 50.3 Å². The number of amides is 1. The van der Waals surface area contributed by atoms with Gasteiger partial charge in [-0.15, -0.1) is 0 Å². The number of carbonyl (C=O) groups excluding carboxylic acids is 1. The molecule has 200 valence electrons. The Kier molecular flexibility index (Phi) is 7.53. The van der Waals surface area contributed by atoms with Gasteiger partial charge in [0.25, 0.3) is 5.91 Å². The topological polar surface area (TPSA) is 101 Å². The molecule has 1 amide bonds. The molecule has 0 bridgehead atoms. The fourth-order valence-corrected chi connectivity index (χ4v) is 6.27. The Morgan fingerprint density at radius 3 is 2.58 bits per heavy atom. The van der Waals surface area contributed by atoms with Crippen LogP contribution in [0.4, 0.5) is 5.69 Å². The summed E-state index contributed by atoms with van der Waals surface area (Å²) in [4.78, 5) is 19.5. The number of hydrogen-bond donors (Lipinski definition) is 1. The van der Waals surface area contributed by atoms with Gasteiger partial charge >= 0.3 is 0 Å². The molecule has 0 spiro atoms. The summed E-state index contributed by atoms with van der Waals surface area (Å²) in [5, 5.41) is 3.31. The van der Waals surface area contributed by atoms with Crippen LogP contribution in [0.15, 0.2) is 65.8 Å². The van der Waals surface area contributed by atoms with E-state index >= 15 is 0 Å². The van der Waals surface area contributed by atoms with Crippen LogP contribution < -0.4 is 14.8 Å². The highest BCUT2D eigenvalue weighted by atomic mass is 32.2. The smallest absolute Gasteiger partial charge is 0.254 e. The number of hydrogen-bond acceptors (Lipinski definition) is 7. The van der Waals surface area contributed by atoms with Gasteiger partial charge in [-0.3, -0.25) is 9.78 Å². The maximum Gasteiger partial charge on any atom is 0.254 e. The first-order valence-electron chi connectivity index (χ1n) is 12.8. The number of nitrogens with zero attached hydrogens (tertiary/aromatic N) is 3. The van der Waals surface area contributed by atoms with E-state index in [1.807, 2.05) is 37.3 Å². The molecule has 0 saturated carbocycles. The lowest BCUT2D eigenvalue weighted by Crippen LogP contribution is -2.31. The Labute approximate surface area is 223 Å². The number of carbonyl (C=O) groups is 1. The molecular formula is C28H32N4O5S. The number of pyridine rings is 1. The van der Waals surface area contributed by atoms with Crippen LogP contribution >= 0.6 is 0 Å². The molecule has 1 atom stereocenters. The molecule has 2 aromatic carbocycles. The van der Waals surface area contributed by atoms with Crippen molar-refractivity contribution >= 4 is 21.6 Å². The van der Waals surface area contributed by atoms with Crippen molar-refractivity contribution in [3.63, 3.8) is 0 Å². The summed E-state index contributed by atoms with van der Waals surface area (Å²) in [5.41, 5.74) is 2.68. The fourth-order valence-electron chi connectivity index (χ4n) is 4.68. The lowest BCUT2D eigenvalue weighted by molar-refractivity contribution is 0.0742. The van der Waals surface area contributed by atoms with Crippen molar-refractivity contribution in [1.29, 1.82) is 0 Å². The maximum absolute atomic E-state index is 13.6. The van der Waals surface area contributed by atoms with Gasteiger partial charge in [0.1, 0.15) is 13.2 Å². The molecule has 1 aromatic heterocycles. The second-order valence-electron chi connectivity index (χ2n) is 9.57. The summed E-state index contributed by atoms with van der Waals surface area (Å²) in [6.07, 6.45) is 5.07. The number of sulfonamides is 1. The molecule has 1 N–H and O–H groups in total. The van der Waals surface area contributed by atoms with Crippen LogP contribution in [-0.4, -0.2) is 61.9 Å². The highest BCUT2D eigenvalue weighted by molar-refractivity contribution is 7.89. The molecule has 10 heteroatoms. The first-order valence-corrected chi connectivity index (χ1v) is 14.2. The molecule has 3 heterocycles. The molecule has 0 aliphatic carbocycles. The summed E-state index contributed by atoms with van der Waals surface area (Å²) in [6, 6.07) is 14.0. The van der Waals surface area contributed by atoms with Gasteiger partial charge in [-0.2, -0.15) is 4.31 Å². The lowest BCUT2D eigenvalue weighted by atomic mass is 10.1. The second-order valence-corrected chi connectivity index (χ2v) is 11.5. The van der Waals surface area contributed by atoms with E-state index in [9.17, 15) is 13.2 Å². The zero-order chi connectivity index (χ0) is 26.7. The minimum absolute atomic E-state index is 0.109. The molecule has 3 aromatic rings. The molecule has 0 unspecified atom stereocenters. The number of nitrogens with one attached hydrogen (secondary N) is 1. The average Bonchev–Trinajstić information content (AvgIpc) is 3.51. The van der Waals surface area contributed by atoms with E-state index in [0.29, 0.717) is 55.6 Å². The summed E-state index contributed by atoms with van der Waals surface area (Å²) in [6.45, 7) is 4.32. The van der Waals surface area contributed by atoms with E-state index in [1.54, 1.807) is 36.5 Å². The van der Waals surface area contributed by atoms with E-state index < -0.39 is 10.0 Å². The quantitative estimate of drug-likeness (QED) is 0.463. The molecule has 0 radical (unpaired) electrons. The van der Waals surface area contributed by atoms with E-state index in [4.69, 9.17) is 9.47 Å². The van der Waals surface area contributed by atoms with Crippen molar-refractivity contribution in [2.24, 2.45) is 0 Å². The maximum atomic E-state index is 13.6. The van der Waals surface area contributed by atoms with E-state index in [-0.39, 0.29) is 16.8 Å². The fraction of sp³-hybridized carbons (Fsp3) is 0.357. The van der Waals surface area contributed by atoms with Gasteiger partial charge in [-0.1, -0.05) is 12.1 Å². The molecule has 1 fully saturated rings. The minimum atomic E-state index is -3.73. The third-order valence-electron chi connectivity index (χ3n) is 7.03. The highest BCUT2D eigenvalue weighted by Gasteiger charge is 2.29. The third-order valence-corrected chi connectivity index (χ3v) is 8.90. The molecular weight excluding hydrogens is 504 g/mol. The Morgan fingerprint density at radius 2 is 1.84 bits per heavy atom. The van der Waals surface area contributed by atoms with Crippen molar-refractivity contribution in [3.8, 4) is 11.5 Å². The second kappa shape index (κ2) is 11.0. The Morgan fingerprint density at radius 1 is 1.08 bits per heavy atom. The first kappa shape index (κ1) is 26.0. The Hall–Kier alpha value is -3.63. The van der Waals surface area contributed by atoms with E-state index in [2.05, 4.69) is 10.3 Å². The summed E-state index contributed by atoms with van der Waals surface area (Å²) in [5.74, 6) is 1.11. The van der Waals surface area contributed by atoms with Crippen molar-refractivity contribution in [2.75, 3.05) is 38.7 Å². The standard InChI is InChI=1S/C28H32N4O5S/c1-20(22-6-5-9-29-19-22)31(2)28(33)23-15-24(17-25(16-23)38(34,35)32-10-3-4-11-32)30-18-21-7-8-26-27(14-21)37-13-12-36-26/h5-9,14-17,19-20,30H,3-4,10-13,18H2,1-2H3/t20-/m1/s1. The zero-order valence-electron chi connectivity index (χ0n) is 21.6. The average molecular weight is 537 g/mol. The van der Waals surface area contributed by atoms with Crippen LogP contribution in [0, 0.1) is 0 Å². The van der Waals surface area contributed by atoms with Gasteiger partial charge in [0.2, 0.25) is 10.0 Å². The molecule has 1 saturated heterocycles. The number of ether oxygens (including phenoxy) is 2. The Bertz CT molecular complexity index is 1410. The van der Waals surface area contributed by atoms with Crippen LogP contribution in [0.3, 0.4) is 0 Å². The third kappa shape index (κ3) is 5.46. The van der Waals surface area contributed by atoms with Gasteiger partial charge < -0.3 is 19.7 Å². The highest BCUT2D eigenvalue weighted by Crippen LogP contribution is 2.32. The normalized spacial score (nSPS) is 16.2. The van der Waals surface area contributed by atoms with Crippen LogP contribution in [-0.2, 0) is 16.6 Å². The van der Waals surface area contributed by atoms with Crippen molar-refractivity contribution in [1.82, 2.24) is 14.2 Å². The minimum Gasteiger partial charge on any atom is -0.486 e. The van der Waals surface area contributed by atoms with E-state index in [0.717, 1.165) is 24.0 Å². The monoisotopic (exact) mass is 536 g/mol. The molecule has 9 nitrogen and oxygen atoms in total. The number of aromatic nitrogens is 1. The van der Waals surface area contributed by atoms with E-state index in [1.165, 1.54) is 10.4 Å². The predicted octanol–water partition coefficient (Wildman–Crippen LogP) is 4.08. The van der Waals surface area contributed by atoms with Crippen LogP contribution in [0.2, 0.25) is 0 Å². The lowest BCUT2D eigenvalue weighted by Gasteiger charge is -2.26. The molecule has 38 heavy (non-hydrogen) atoms. The Balaban J connectivity index is 1.44. The largest absolute Gasteiger partial charge is 0.486 e. The van der Waals surface area contributed by atoms with Gasteiger partial charge in [-0.25, -0.2) is 8.42 Å². The number of benzene rings is 2. The van der Waals surface area contributed by atoms with Gasteiger partial charge in [0.15, 0.2) is 11.5 Å². The number of rotatable bonds is 8. The predicted molar refractivity (Wildman–Crippen MR) is 144 cm³/mol. The van der Waals surface area contributed by atoms with Crippen LogP contribution in [0.1, 0.15) is 47.3 Å². The summed E-state index contributed by atoms with van der Waals surface area (Å²) < 4.78 is 39.7. The number of anilines is 1. The summed E-state index contributed by atoms with van der Waals surface area (Å²) >= 11 is 0. The van der Waals surface area contributed by atoms with Crippen LogP contribution in [0.5, 0.6) is 11.5 Å². The summed E-state index contributed by atoms with van der Waals surface area (Å²) in [7, 11) is -2.02. The van der Waals surface area contributed by atoms with Gasteiger partial charge in [-0.05, 0) is 67.3 Å². The number of fused-ring (bicyclic) bond motifs is 1. The van der Waals surface area contributed by atoms with Crippen molar-refractivity contribution < 1.29 is 22.7 Å². The zero-order valence-corrected chi connectivity index (χ0v) is 22.4. The molecule has 5 rings (SSSR count). The van der Waals surface area contributed by atoms with Crippen molar-refractivity contribution in [3.05, 3.63) is 77.6 Å².